The van der Waals surface area contributed by atoms with Gasteiger partial charge in [-0.3, -0.25) is 4.79 Å². The molecule has 0 saturated heterocycles. The summed E-state index contributed by atoms with van der Waals surface area (Å²) in [6, 6.07) is 5.63. The van der Waals surface area contributed by atoms with Gasteiger partial charge in [0.05, 0.1) is 18.4 Å². The van der Waals surface area contributed by atoms with Crippen LogP contribution < -0.4 is 15.4 Å². The topological polar surface area (TPSA) is 50.4 Å². The first-order chi connectivity index (χ1) is 15.2. The fraction of sp³-hybridized carbons (Fsp3) is 0.409. The van der Waals surface area contributed by atoms with Crippen molar-refractivity contribution in [3.8, 4) is 5.75 Å². The van der Waals surface area contributed by atoms with Crippen molar-refractivity contribution in [2.75, 3.05) is 24.3 Å². The molecule has 182 valence electrons. The zero-order valence-electron chi connectivity index (χ0n) is 18.3. The summed E-state index contributed by atoms with van der Waals surface area (Å²) in [5.41, 5.74) is -6.79. The largest absolute Gasteiger partial charge is 0.494 e. The summed E-state index contributed by atoms with van der Waals surface area (Å²) in [5.74, 6) is -0.489. The second kappa shape index (κ2) is 9.48. The number of benzene rings is 2. The van der Waals surface area contributed by atoms with Crippen molar-refractivity contribution in [3.63, 3.8) is 0 Å². The molecule has 0 aromatic heterocycles. The van der Waals surface area contributed by atoms with Crippen molar-refractivity contribution < 1.29 is 40.3 Å². The molecule has 11 heteroatoms. The summed E-state index contributed by atoms with van der Waals surface area (Å²) in [6.45, 7) is 5.02. The van der Waals surface area contributed by atoms with E-state index in [1.54, 1.807) is 12.1 Å². The minimum atomic E-state index is -6.23. The molecule has 0 spiro atoms. The van der Waals surface area contributed by atoms with Gasteiger partial charge in [-0.05, 0) is 49.6 Å². The van der Waals surface area contributed by atoms with Crippen LogP contribution in [0, 0.1) is 6.92 Å². The number of nitrogens with one attached hydrogen (secondary N) is 2. The van der Waals surface area contributed by atoms with Crippen molar-refractivity contribution in [1.82, 2.24) is 0 Å². The fourth-order valence-corrected chi connectivity index (χ4v) is 3.45. The van der Waals surface area contributed by atoms with Gasteiger partial charge in [0.25, 0.3) is 5.91 Å². The number of halogens is 7. The van der Waals surface area contributed by atoms with Gasteiger partial charge in [-0.25, -0.2) is 4.39 Å². The van der Waals surface area contributed by atoms with E-state index in [1.807, 2.05) is 6.92 Å². The molecule has 0 fully saturated rings. The van der Waals surface area contributed by atoms with Gasteiger partial charge in [0.1, 0.15) is 0 Å². The number of alkyl halides is 7. The summed E-state index contributed by atoms with van der Waals surface area (Å²) in [5, 5.41) is 5.53. The van der Waals surface area contributed by atoms with Crippen molar-refractivity contribution >= 4 is 17.3 Å². The molecule has 0 heterocycles. The average Bonchev–Trinajstić information content (AvgIpc) is 2.72. The van der Waals surface area contributed by atoms with Crippen molar-refractivity contribution in [2.45, 2.75) is 45.2 Å². The molecular weight excluding hydrogens is 457 g/mol. The SMILES string of the molecule is CCNc1cccc(C(=O)Nc2c(C)cc(C(F)(C(F)(F)F)C(F)(F)F)cc2CC)c1OC. The van der Waals surface area contributed by atoms with Crippen molar-refractivity contribution in [1.29, 1.82) is 0 Å². The van der Waals surface area contributed by atoms with E-state index in [9.17, 15) is 35.5 Å². The van der Waals surface area contributed by atoms with E-state index < -0.39 is 29.5 Å². The monoisotopic (exact) mass is 480 g/mol. The van der Waals surface area contributed by atoms with Gasteiger partial charge in [-0.1, -0.05) is 19.1 Å². The maximum atomic E-state index is 14.5. The Kier molecular flexibility index (Phi) is 7.55. The number of carbonyl (C=O) groups excluding carboxylic acids is 1. The van der Waals surface area contributed by atoms with Crippen LogP contribution in [0.15, 0.2) is 30.3 Å². The molecule has 1 amide bonds. The number of rotatable bonds is 7. The lowest BCUT2D eigenvalue weighted by Gasteiger charge is -2.31. The van der Waals surface area contributed by atoms with Crippen LogP contribution in [0.1, 0.15) is 40.9 Å². The van der Waals surface area contributed by atoms with Gasteiger partial charge in [-0.15, -0.1) is 0 Å². The Balaban J connectivity index is 2.57. The Morgan fingerprint density at radius 3 is 2.09 bits per heavy atom. The van der Waals surface area contributed by atoms with E-state index >= 15 is 0 Å². The smallest absolute Gasteiger partial charge is 0.435 e. The van der Waals surface area contributed by atoms with Crippen LogP contribution in [-0.4, -0.2) is 31.9 Å². The number of ether oxygens (including phenoxy) is 1. The van der Waals surface area contributed by atoms with Crippen molar-refractivity contribution in [2.24, 2.45) is 0 Å². The van der Waals surface area contributed by atoms with Gasteiger partial charge < -0.3 is 15.4 Å². The molecule has 4 nitrogen and oxygen atoms in total. The van der Waals surface area contributed by atoms with Gasteiger partial charge >= 0.3 is 18.0 Å². The molecule has 33 heavy (non-hydrogen) atoms. The van der Waals surface area contributed by atoms with Crippen LogP contribution in [0.25, 0.3) is 0 Å². The maximum absolute atomic E-state index is 14.5. The number of aryl methyl sites for hydroxylation is 2. The highest BCUT2D eigenvalue weighted by Crippen LogP contribution is 2.54. The van der Waals surface area contributed by atoms with E-state index in [0.29, 0.717) is 24.4 Å². The third-order valence-corrected chi connectivity index (χ3v) is 5.05. The predicted octanol–water partition coefficient (Wildman–Crippen LogP) is 6.54. The van der Waals surface area contributed by atoms with Crippen LogP contribution in [0.2, 0.25) is 0 Å². The molecule has 2 aromatic carbocycles. The van der Waals surface area contributed by atoms with E-state index in [2.05, 4.69) is 10.6 Å². The molecule has 0 saturated carbocycles. The molecule has 2 rings (SSSR count). The predicted molar refractivity (Wildman–Crippen MR) is 111 cm³/mol. The first-order valence-corrected chi connectivity index (χ1v) is 9.91. The third-order valence-electron chi connectivity index (χ3n) is 5.05. The average molecular weight is 480 g/mol. The zero-order chi connectivity index (χ0) is 25.2. The lowest BCUT2D eigenvalue weighted by atomic mass is 9.89. The Bertz CT molecular complexity index is 1000. The highest BCUT2D eigenvalue weighted by Gasteiger charge is 2.73. The van der Waals surface area contributed by atoms with Crippen LogP contribution in [0.3, 0.4) is 0 Å². The summed E-state index contributed by atoms with van der Waals surface area (Å²) in [4.78, 5) is 12.9. The fourth-order valence-electron chi connectivity index (χ4n) is 3.45. The molecule has 0 atom stereocenters. The lowest BCUT2D eigenvalue weighted by Crippen LogP contribution is -2.50. The zero-order valence-corrected chi connectivity index (χ0v) is 18.3. The molecule has 2 aromatic rings. The first-order valence-electron chi connectivity index (χ1n) is 9.91. The van der Waals surface area contributed by atoms with Crippen LogP contribution in [0.4, 0.5) is 42.1 Å². The van der Waals surface area contributed by atoms with Crippen LogP contribution >= 0.6 is 0 Å². The second-order valence-corrected chi connectivity index (χ2v) is 7.21. The molecule has 0 aliphatic heterocycles. The standard InChI is InChI=1S/C22H23F7N2O2/c1-5-13-11-14(20(23,21(24,25)26)22(27,28)29)10-12(3)17(13)31-19(32)15-8-7-9-16(30-6-2)18(15)33-4/h7-11,30H,5-6H2,1-4H3,(H,31,32). The maximum Gasteiger partial charge on any atom is 0.435 e. The Labute approximate surface area is 186 Å². The summed E-state index contributed by atoms with van der Waals surface area (Å²) in [7, 11) is 1.35. The number of hydrogen-bond acceptors (Lipinski definition) is 3. The summed E-state index contributed by atoms with van der Waals surface area (Å²) >= 11 is 0. The molecular formula is C22H23F7N2O2. The highest BCUT2D eigenvalue weighted by molar-refractivity contribution is 6.08. The van der Waals surface area contributed by atoms with Crippen LogP contribution in [-0.2, 0) is 12.1 Å². The molecule has 0 bridgehead atoms. The molecule has 0 radical (unpaired) electrons. The molecule has 0 aliphatic carbocycles. The Hall–Kier alpha value is -2.98. The number of hydrogen-bond donors (Lipinski definition) is 2. The van der Waals surface area contributed by atoms with Gasteiger partial charge in [0, 0.05) is 17.8 Å². The minimum absolute atomic E-state index is 0.00569. The Morgan fingerprint density at radius 1 is 1.00 bits per heavy atom. The van der Waals surface area contributed by atoms with Crippen molar-refractivity contribution in [3.05, 3.63) is 52.6 Å². The first kappa shape index (κ1) is 26.3. The third kappa shape index (κ3) is 4.86. The number of anilines is 2. The number of amides is 1. The molecule has 0 unspecified atom stereocenters. The van der Waals surface area contributed by atoms with E-state index in [1.165, 1.54) is 27.0 Å². The molecule has 0 aliphatic rings. The molecule has 2 N–H and O–H groups in total. The highest BCUT2D eigenvalue weighted by atomic mass is 19.4. The normalized spacial score (nSPS) is 12.5. The minimum Gasteiger partial charge on any atom is -0.494 e. The van der Waals surface area contributed by atoms with Gasteiger partial charge in [-0.2, -0.15) is 26.3 Å². The van der Waals surface area contributed by atoms with E-state index in [4.69, 9.17) is 4.74 Å². The van der Waals surface area contributed by atoms with E-state index in [-0.39, 0.29) is 34.5 Å². The van der Waals surface area contributed by atoms with Gasteiger partial charge in [0.15, 0.2) is 5.75 Å². The number of methoxy groups -OCH3 is 1. The Morgan fingerprint density at radius 2 is 1.61 bits per heavy atom. The van der Waals surface area contributed by atoms with Crippen LogP contribution in [0.5, 0.6) is 5.75 Å². The second-order valence-electron chi connectivity index (χ2n) is 7.21. The lowest BCUT2D eigenvalue weighted by molar-refractivity contribution is -0.348. The van der Waals surface area contributed by atoms with Gasteiger partial charge in [0.2, 0.25) is 0 Å². The number of para-hydroxylation sites is 1. The quantitative estimate of drug-likeness (QED) is 0.443. The summed E-state index contributed by atoms with van der Waals surface area (Å²) < 4.78 is 98.9. The van der Waals surface area contributed by atoms with E-state index in [0.717, 1.165) is 0 Å². The summed E-state index contributed by atoms with van der Waals surface area (Å²) in [6.07, 6.45) is -12.5. The number of carbonyl (C=O) groups is 1.